The highest BCUT2D eigenvalue weighted by molar-refractivity contribution is 5.80. The maximum atomic E-state index is 5.32. The van der Waals surface area contributed by atoms with E-state index in [9.17, 15) is 0 Å². The average Bonchev–Trinajstić information content (AvgIpc) is 3.49. The smallest absolute Gasteiger partial charge is 0.216 e. The Kier molecular flexibility index (Phi) is 5.78. The van der Waals surface area contributed by atoms with E-state index in [2.05, 4.69) is 47.0 Å². The molecule has 1 saturated heterocycles. The lowest BCUT2D eigenvalue weighted by Gasteiger charge is -2.34. The van der Waals surface area contributed by atoms with Gasteiger partial charge in [0, 0.05) is 52.4 Å². The Labute approximate surface area is 169 Å². The number of nitrogens with zero attached hydrogens (tertiary/aromatic N) is 6. The van der Waals surface area contributed by atoms with Crippen molar-refractivity contribution >= 4 is 11.6 Å². The van der Waals surface area contributed by atoms with E-state index in [0.29, 0.717) is 30.6 Å². The summed E-state index contributed by atoms with van der Waals surface area (Å²) in [5.74, 6) is 2.84. The largest absolute Gasteiger partial charge is 0.461 e. The van der Waals surface area contributed by atoms with Gasteiger partial charge in [-0.2, -0.15) is 10.2 Å². The van der Waals surface area contributed by atoms with Crippen LogP contribution in [0.5, 0.6) is 0 Å². The monoisotopic (exact) mass is 397 g/mol. The average molecular weight is 397 g/mol. The van der Waals surface area contributed by atoms with Gasteiger partial charge in [-0.05, 0) is 25.0 Å². The maximum absolute atomic E-state index is 5.32. The summed E-state index contributed by atoms with van der Waals surface area (Å²) in [4.78, 5) is 11.2. The molecule has 0 aromatic carbocycles. The lowest BCUT2D eigenvalue weighted by atomic mass is 10.1. The van der Waals surface area contributed by atoms with Crippen LogP contribution in [-0.2, 0) is 13.5 Å². The zero-order chi connectivity index (χ0) is 20.1. The van der Waals surface area contributed by atoms with E-state index in [0.717, 1.165) is 37.7 Å². The molecule has 29 heavy (non-hydrogen) atoms. The number of aryl methyl sites for hydroxylation is 1. The second-order valence-corrected chi connectivity index (χ2v) is 7.13. The van der Waals surface area contributed by atoms with E-state index < -0.39 is 0 Å². The zero-order valence-corrected chi connectivity index (χ0v) is 16.8. The summed E-state index contributed by atoms with van der Waals surface area (Å²) >= 11 is 0. The Balaban J connectivity index is 1.25. The standard InChI is InChI=1S/C19H27N9O/c1-20-19(21-8-7-17-24-18(26-25-17)16-6-4-10-29-16)23-14-5-3-9-28(12-14)15-11-22-27(2)13-15/h4,6,10-11,13-14H,3,5,7-9,12H2,1-2H3,(H2,20,21,23)(H,24,25,26). The van der Waals surface area contributed by atoms with Gasteiger partial charge >= 0.3 is 0 Å². The molecule has 3 aromatic rings. The topological polar surface area (TPSA) is 112 Å². The molecule has 4 rings (SSSR count). The van der Waals surface area contributed by atoms with Gasteiger partial charge in [-0.25, -0.2) is 4.98 Å². The lowest BCUT2D eigenvalue weighted by molar-refractivity contribution is 0.468. The molecule has 10 nitrogen and oxygen atoms in total. The van der Waals surface area contributed by atoms with Crippen molar-refractivity contribution < 1.29 is 4.42 Å². The number of furan rings is 1. The molecule has 1 aliphatic rings. The quantitative estimate of drug-likeness (QED) is 0.423. The number of H-pyrrole nitrogens is 1. The number of nitrogens with one attached hydrogen (secondary N) is 3. The molecular formula is C19H27N9O. The molecule has 0 saturated carbocycles. The third-order valence-corrected chi connectivity index (χ3v) is 4.97. The highest BCUT2D eigenvalue weighted by atomic mass is 16.3. The normalized spacial score (nSPS) is 17.5. The molecule has 1 unspecified atom stereocenters. The minimum Gasteiger partial charge on any atom is -0.461 e. The predicted octanol–water partition coefficient (Wildman–Crippen LogP) is 1.17. The Morgan fingerprint density at radius 3 is 3.14 bits per heavy atom. The Morgan fingerprint density at radius 2 is 2.38 bits per heavy atom. The number of rotatable bonds is 6. The van der Waals surface area contributed by atoms with Crippen LogP contribution in [0, 0.1) is 0 Å². The zero-order valence-electron chi connectivity index (χ0n) is 16.8. The molecular weight excluding hydrogens is 370 g/mol. The van der Waals surface area contributed by atoms with Crippen LogP contribution >= 0.6 is 0 Å². The van der Waals surface area contributed by atoms with Crippen LogP contribution in [0.4, 0.5) is 5.69 Å². The maximum Gasteiger partial charge on any atom is 0.216 e. The van der Waals surface area contributed by atoms with Crippen molar-refractivity contribution in [1.82, 2.24) is 35.6 Å². The SMILES string of the molecule is CN=C(NCCc1nc(-c2ccco2)n[nH]1)NC1CCCN(c2cnn(C)c2)C1. The molecule has 3 N–H and O–H groups in total. The van der Waals surface area contributed by atoms with E-state index >= 15 is 0 Å². The van der Waals surface area contributed by atoms with Crippen molar-refractivity contribution in [2.45, 2.75) is 25.3 Å². The van der Waals surface area contributed by atoms with Gasteiger partial charge in [0.25, 0.3) is 0 Å². The summed E-state index contributed by atoms with van der Waals surface area (Å²) in [7, 11) is 3.74. The van der Waals surface area contributed by atoms with E-state index in [4.69, 9.17) is 4.42 Å². The molecule has 0 spiro atoms. The Bertz CT molecular complexity index is 927. The molecule has 0 aliphatic carbocycles. The second-order valence-electron chi connectivity index (χ2n) is 7.13. The van der Waals surface area contributed by atoms with Gasteiger partial charge in [0.1, 0.15) is 5.82 Å². The van der Waals surface area contributed by atoms with Crippen molar-refractivity contribution in [2.24, 2.45) is 12.0 Å². The van der Waals surface area contributed by atoms with E-state index in [1.807, 2.05) is 30.1 Å². The number of anilines is 1. The first-order chi connectivity index (χ1) is 14.2. The van der Waals surface area contributed by atoms with Crippen LogP contribution in [0.2, 0.25) is 0 Å². The van der Waals surface area contributed by atoms with Gasteiger partial charge in [-0.1, -0.05) is 0 Å². The number of hydrogen-bond acceptors (Lipinski definition) is 6. The fourth-order valence-electron chi connectivity index (χ4n) is 3.51. The van der Waals surface area contributed by atoms with Crippen LogP contribution in [0.25, 0.3) is 11.6 Å². The summed E-state index contributed by atoms with van der Waals surface area (Å²) in [6.07, 6.45) is 8.56. The number of aromatic amines is 1. The van der Waals surface area contributed by atoms with E-state index in [1.54, 1.807) is 13.3 Å². The predicted molar refractivity (Wildman–Crippen MR) is 111 cm³/mol. The van der Waals surface area contributed by atoms with Gasteiger partial charge in [0.05, 0.1) is 18.1 Å². The molecule has 3 aromatic heterocycles. The van der Waals surface area contributed by atoms with Gasteiger partial charge in [-0.3, -0.25) is 14.8 Å². The van der Waals surface area contributed by atoms with Crippen LogP contribution in [-0.4, -0.2) is 63.6 Å². The van der Waals surface area contributed by atoms with Crippen molar-refractivity contribution in [3.8, 4) is 11.6 Å². The minimum atomic E-state index is 0.339. The summed E-state index contributed by atoms with van der Waals surface area (Å²) in [6.45, 7) is 2.69. The third-order valence-electron chi connectivity index (χ3n) is 4.97. The fraction of sp³-hybridized carbons (Fsp3) is 0.474. The number of piperidine rings is 1. The van der Waals surface area contributed by atoms with Crippen molar-refractivity contribution in [1.29, 1.82) is 0 Å². The Hall–Kier alpha value is -3.30. The molecule has 0 radical (unpaired) electrons. The molecule has 10 heteroatoms. The number of guanidine groups is 1. The molecule has 0 amide bonds. The number of hydrogen-bond donors (Lipinski definition) is 3. The van der Waals surface area contributed by atoms with Crippen LogP contribution in [0.3, 0.4) is 0 Å². The van der Waals surface area contributed by atoms with Crippen molar-refractivity contribution in [3.63, 3.8) is 0 Å². The first-order valence-corrected chi connectivity index (χ1v) is 9.87. The Morgan fingerprint density at radius 1 is 1.45 bits per heavy atom. The fourth-order valence-corrected chi connectivity index (χ4v) is 3.51. The van der Waals surface area contributed by atoms with Gasteiger partial charge in [-0.15, -0.1) is 0 Å². The van der Waals surface area contributed by atoms with E-state index in [-0.39, 0.29) is 0 Å². The molecule has 0 bridgehead atoms. The summed E-state index contributed by atoms with van der Waals surface area (Å²) in [5, 5.41) is 18.3. The minimum absolute atomic E-state index is 0.339. The van der Waals surface area contributed by atoms with Crippen molar-refractivity contribution in [2.75, 3.05) is 31.6 Å². The first kappa shape index (κ1) is 19.0. The molecule has 4 heterocycles. The summed E-state index contributed by atoms with van der Waals surface area (Å²) in [5.41, 5.74) is 1.17. The van der Waals surface area contributed by atoms with Crippen molar-refractivity contribution in [3.05, 3.63) is 36.6 Å². The van der Waals surface area contributed by atoms with Gasteiger partial charge < -0.3 is 20.0 Å². The lowest BCUT2D eigenvalue weighted by Crippen LogP contribution is -2.51. The van der Waals surface area contributed by atoms with Gasteiger partial charge in [0.2, 0.25) is 5.82 Å². The summed E-state index contributed by atoms with van der Waals surface area (Å²) in [6, 6.07) is 4.00. The molecule has 154 valence electrons. The molecule has 1 aliphatic heterocycles. The van der Waals surface area contributed by atoms with E-state index in [1.165, 1.54) is 5.69 Å². The van der Waals surface area contributed by atoms with Crippen LogP contribution < -0.4 is 15.5 Å². The molecule has 1 atom stereocenters. The number of aliphatic imine (C=N–C) groups is 1. The van der Waals surface area contributed by atoms with Gasteiger partial charge in [0.15, 0.2) is 11.7 Å². The highest BCUT2D eigenvalue weighted by Gasteiger charge is 2.21. The molecule has 1 fully saturated rings. The first-order valence-electron chi connectivity index (χ1n) is 9.87. The van der Waals surface area contributed by atoms with Crippen LogP contribution in [0.1, 0.15) is 18.7 Å². The second kappa shape index (κ2) is 8.80. The third kappa shape index (κ3) is 4.76. The highest BCUT2D eigenvalue weighted by Crippen LogP contribution is 2.19. The van der Waals surface area contributed by atoms with Crippen LogP contribution in [0.15, 0.2) is 40.2 Å². The number of aromatic nitrogens is 5. The summed E-state index contributed by atoms with van der Waals surface area (Å²) < 4.78 is 7.16.